The third kappa shape index (κ3) is 3.96. The lowest BCUT2D eigenvalue weighted by atomic mass is 10.0. The smallest absolute Gasteiger partial charge is 0.255 e. The molecule has 1 saturated heterocycles. The molecule has 0 atom stereocenters. The summed E-state index contributed by atoms with van der Waals surface area (Å²) in [5, 5.41) is 2.99. The Hall–Kier alpha value is -3.12. The van der Waals surface area contributed by atoms with Crippen LogP contribution in [0.4, 0.5) is 5.69 Å². The van der Waals surface area contributed by atoms with Crippen molar-refractivity contribution in [3.05, 3.63) is 58.9 Å². The molecule has 6 nitrogen and oxygen atoms in total. The van der Waals surface area contributed by atoms with Crippen LogP contribution >= 0.6 is 0 Å². The minimum atomic E-state index is -0.144. The lowest BCUT2D eigenvalue weighted by molar-refractivity contribution is -0.113. The van der Waals surface area contributed by atoms with E-state index in [4.69, 9.17) is 9.72 Å². The molecule has 2 N–H and O–H groups in total. The van der Waals surface area contributed by atoms with Crippen LogP contribution in [0.25, 0.3) is 17.1 Å². The number of likely N-dealkylation sites (tertiary alicyclic amines) is 1. The van der Waals surface area contributed by atoms with Gasteiger partial charge in [-0.25, -0.2) is 4.98 Å². The number of carbonyl (C=O) groups is 1. The minimum absolute atomic E-state index is 0.144. The summed E-state index contributed by atoms with van der Waals surface area (Å²) in [6, 6.07) is 11.8. The van der Waals surface area contributed by atoms with Crippen molar-refractivity contribution in [2.75, 3.05) is 25.0 Å². The molecule has 2 aromatic carbocycles. The van der Waals surface area contributed by atoms with Crippen molar-refractivity contribution in [3.8, 4) is 5.75 Å². The third-order valence-corrected chi connectivity index (χ3v) is 5.78. The number of fused-ring (bicyclic) bond motifs is 2. The fourth-order valence-electron chi connectivity index (χ4n) is 4.18. The van der Waals surface area contributed by atoms with Crippen molar-refractivity contribution in [3.63, 3.8) is 0 Å². The van der Waals surface area contributed by atoms with Crippen LogP contribution in [0, 0.1) is 6.92 Å². The summed E-state index contributed by atoms with van der Waals surface area (Å²) in [6.07, 6.45) is 5.76. The van der Waals surface area contributed by atoms with E-state index in [0.29, 0.717) is 5.57 Å². The van der Waals surface area contributed by atoms with Crippen molar-refractivity contribution < 1.29 is 9.53 Å². The van der Waals surface area contributed by atoms with E-state index in [1.807, 2.05) is 49.4 Å². The lowest BCUT2D eigenvalue weighted by Crippen LogP contribution is -2.29. The summed E-state index contributed by atoms with van der Waals surface area (Å²) in [6.45, 7) is 5.42. The highest BCUT2D eigenvalue weighted by molar-refractivity contribution is 6.08. The average molecular weight is 402 g/mol. The van der Waals surface area contributed by atoms with E-state index in [9.17, 15) is 4.79 Å². The molecule has 0 saturated carbocycles. The first-order valence-corrected chi connectivity index (χ1v) is 10.6. The number of rotatable bonds is 4. The molecule has 2 aliphatic rings. The van der Waals surface area contributed by atoms with Gasteiger partial charge in [-0.2, -0.15) is 0 Å². The number of imidazole rings is 1. The number of carbonyl (C=O) groups excluding carboxylic acids is 1. The van der Waals surface area contributed by atoms with Gasteiger partial charge in [0.25, 0.3) is 5.91 Å². The molecule has 6 heteroatoms. The van der Waals surface area contributed by atoms with Crippen molar-refractivity contribution in [1.82, 2.24) is 14.9 Å². The van der Waals surface area contributed by atoms with Crippen LogP contribution in [0.1, 0.15) is 36.2 Å². The van der Waals surface area contributed by atoms with E-state index in [2.05, 4.69) is 15.2 Å². The fraction of sp³-hybridized carbons (Fsp3) is 0.333. The van der Waals surface area contributed by atoms with E-state index in [0.717, 1.165) is 59.1 Å². The van der Waals surface area contributed by atoms with E-state index < -0.39 is 0 Å². The summed E-state index contributed by atoms with van der Waals surface area (Å²) in [7, 11) is 0. The number of aromatic nitrogens is 2. The number of amides is 1. The SMILES string of the molecule is Cc1ccc2c(c1)C=C(C(=O)Nc1ccc3nc(CN4CCCCC4)[nH]c3c1)CO2. The van der Waals surface area contributed by atoms with Gasteiger partial charge in [-0.3, -0.25) is 9.69 Å². The number of aryl methyl sites for hydroxylation is 1. The molecule has 1 amide bonds. The van der Waals surface area contributed by atoms with E-state index >= 15 is 0 Å². The molecule has 1 fully saturated rings. The van der Waals surface area contributed by atoms with Crippen molar-refractivity contribution in [2.45, 2.75) is 32.7 Å². The second-order valence-corrected chi connectivity index (χ2v) is 8.21. The van der Waals surface area contributed by atoms with Gasteiger partial charge in [0.2, 0.25) is 0 Å². The quantitative estimate of drug-likeness (QED) is 0.684. The highest BCUT2D eigenvalue weighted by Crippen LogP contribution is 2.28. The van der Waals surface area contributed by atoms with Crippen LogP contribution in [-0.4, -0.2) is 40.5 Å². The number of anilines is 1. The molecular weight excluding hydrogens is 376 g/mol. The zero-order chi connectivity index (χ0) is 20.5. The van der Waals surface area contributed by atoms with Gasteiger partial charge < -0.3 is 15.0 Å². The fourth-order valence-corrected chi connectivity index (χ4v) is 4.18. The summed E-state index contributed by atoms with van der Waals surface area (Å²) in [5.74, 6) is 1.65. The maximum absolute atomic E-state index is 12.8. The van der Waals surface area contributed by atoms with E-state index in [1.54, 1.807) is 0 Å². The van der Waals surface area contributed by atoms with Crippen LogP contribution in [0.2, 0.25) is 0 Å². The molecule has 30 heavy (non-hydrogen) atoms. The molecule has 3 aromatic rings. The highest BCUT2D eigenvalue weighted by atomic mass is 16.5. The van der Waals surface area contributed by atoms with Crippen molar-refractivity contribution in [2.24, 2.45) is 0 Å². The van der Waals surface area contributed by atoms with Gasteiger partial charge in [0, 0.05) is 11.3 Å². The number of nitrogens with one attached hydrogen (secondary N) is 2. The highest BCUT2D eigenvalue weighted by Gasteiger charge is 2.18. The molecule has 0 bridgehead atoms. The summed E-state index contributed by atoms with van der Waals surface area (Å²) < 4.78 is 5.75. The number of nitrogens with zero attached hydrogens (tertiary/aromatic N) is 2. The van der Waals surface area contributed by atoms with Crippen LogP contribution in [0.5, 0.6) is 5.75 Å². The Morgan fingerprint density at radius 3 is 2.90 bits per heavy atom. The molecule has 2 aliphatic heterocycles. The lowest BCUT2D eigenvalue weighted by Gasteiger charge is -2.25. The first-order valence-electron chi connectivity index (χ1n) is 10.6. The van der Waals surface area contributed by atoms with Crippen LogP contribution in [-0.2, 0) is 11.3 Å². The van der Waals surface area contributed by atoms with Gasteiger partial charge in [0.15, 0.2) is 0 Å². The Labute approximate surface area is 175 Å². The topological polar surface area (TPSA) is 70.2 Å². The summed E-state index contributed by atoms with van der Waals surface area (Å²) in [5.41, 5.74) is 5.30. The van der Waals surface area contributed by atoms with Crippen LogP contribution in [0.15, 0.2) is 42.0 Å². The average Bonchev–Trinajstić information content (AvgIpc) is 3.15. The molecule has 5 rings (SSSR count). The Kier molecular flexibility index (Phi) is 5.01. The second-order valence-electron chi connectivity index (χ2n) is 8.21. The Morgan fingerprint density at radius 2 is 2.03 bits per heavy atom. The minimum Gasteiger partial charge on any atom is -0.488 e. The number of benzene rings is 2. The molecule has 0 aliphatic carbocycles. The monoisotopic (exact) mass is 402 g/mol. The number of hydrogen-bond acceptors (Lipinski definition) is 4. The van der Waals surface area contributed by atoms with Gasteiger partial charge in [-0.05, 0) is 69.3 Å². The van der Waals surface area contributed by atoms with E-state index in [-0.39, 0.29) is 12.5 Å². The van der Waals surface area contributed by atoms with Gasteiger partial charge in [0.05, 0.1) is 23.2 Å². The molecule has 3 heterocycles. The zero-order valence-electron chi connectivity index (χ0n) is 17.2. The molecule has 0 radical (unpaired) electrons. The first-order chi connectivity index (χ1) is 14.6. The van der Waals surface area contributed by atoms with Gasteiger partial charge >= 0.3 is 0 Å². The van der Waals surface area contributed by atoms with Gasteiger partial charge in [-0.1, -0.05) is 18.1 Å². The van der Waals surface area contributed by atoms with Crippen LogP contribution < -0.4 is 10.1 Å². The maximum atomic E-state index is 12.8. The first kappa shape index (κ1) is 18.9. The maximum Gasteiger partial charge on any atom is 0.255 e. The van der Waals surface area contributed by atoms with Crippen molar-refractivity contribution in [1.29, 1.82) is 0 Å². The Morgan fingerprint density at radius 1 is 1.17 bits per heavy atom. The predicted molar refractivity (Wildman–Crippen MR) is 119 cm³/mol. The molecular formula is C24H26N4O2. The van der Waals surface area contributed by atoms with Crippen molar-refractivity contribution >= 4 is 28.7 Å². The summed E-state index contributed by atoms with van der Waals surface area (Å²) in [4.78, 5) is 23.3. The largest absolute Gasteiger partial charge is 0.488 e. The number of hydrogen-bond donors (Lipinski definition) is 2. The second kappa shape index (κ2) is 7.95. The molecule has 1 aromatic heterocycles. The Balaban J connectivity index is 1.31. The molecule has 0 unspecified atom stereocenters. The van der Waals surface area contributed by atoms with E-state index in [1.165, 1.54) is 19.3 Å². The number of aromatic amines is 1. The standard InChI is InChI=1S/C24H26N4O2/c1-16-5-8-22-17(11-16)12-18(15-30-22)24(29)25-19-6-7-20-21(13-19)27-23(26-20)14-28-9-3-2-4-10-28/h5-8,11-13H,2-4,9-10,14-15H2,1H3,(H,25,29)(H,26,27). The summed E-state index contributed by atoms with van der Waals surface area (Å²) >= 11 is 0. The molecule has 154 valence electrons. The number of piperidine rings is 1. The van der Waals surface area contributed by atoms with Gasteiger partial charge in [0.1, 0.15) is 18.2 Å². The van der Waals surface area contributed by atoms with Crippen LogP contribution in [0.3, 0.4) is 0 Å². The van der Waals surface area contributed by atoms with Gasteiger partial charge in [-0.15, -0.1) is 0 Å². The normalized spacial score (nSPS) is 16.6. The third-order valence-electron chi connectivity index (χ3n) is 5.78. The predicted octanol–water partition coefficient (Wildman–Crippen LogP) is 4.27. The zero-order valence-corrected chi connectivity index (χ0v) is 17.2. The number of H-pyrrole nitrogens is 1. The Bertz CT molecular complexity index is 1130. The molecule has 0 spiro atoms. The number of ether oxygens (including phenoxy) is 1.